The van der Waals surface area contributed by atoms with Crippen LogP contribution in [0.3, 0.4) is 0 Å². The molecule has 0 bridgehead atoms. The molecule has 1 heterocycles. The average Bonchev–Trinajstić information content (AvgIpc) is 2.21. The second-order valence-corrected chi connectivity index (χ2v) is 3.77. The molecule has 0 aromatic rings. The van der Waals surface area contributed by atoms with Gasteiger partial charge in [0.1, 0.15) is 0 Å². The van der Waals surface area contributed by atoms with E-state index in [1.807, 2.05) is 0 Å². The summed E-state index contributed by atoms with van der Waals surface area (Å²) in [6.07, 6.45) is 1.01. The lowest BCUT2D eigenvalue weighted by Gasteiger charge is -2.29. The molecule has 0 aromatic heterocycles. The number of hydrogen-bond donors (Lipinski definition) is 2. The molecular formula is C10H18N2O3. The molecule has 1 amide bonds. The molecule has 15 heavy (non-hydrogen) atoms. The highest BCUT2D eigenvalue weighted by atomic mass is 16.5. The van der Waals surface area contributed by atoms with Crippen LogP contribution in [0, 0.1) is 5.92 Å². The summed E-state index contributed by atoms with van der Waals surface area (Å²) in [5.74, 6) is -1.04. The maximum atomic E-state index is 11.3. The lowest BCUT2D eigenvalue weighted by Crippen LogP contribution is -2.52. The fourth-order valence-electron chi connectivity index (χ4n) is 1.61. The highest BCUT2D eigenvalue weighted by Crippen LogP contribution is 2.10. The molecule has 1 aliphatic rings. The normalized spacial score (nSPS) is 25.7. The van der Waals surface area contributed by atoms with Crippen LogP contribution in [0.15, 0.2) is 0 Å². The summed E-state index contributed by atoms with van der Waals surface area (Å²) in [6, 6.07) is 0.0238. The smallest absolute Gasteiger partial charge is 0.396 e. The van der Waals surface area contributed by atoms with Crippen molar-refractivity contribution in [3.05, 3.63) is 0 Å². The second kappa shape index (κ2) is 5.70. The van der Waals surface area contributed by atoms with Crippen LogP contribution < -0.4 is 10.6 Å². The monoisotopic (exact) mass is 214 g/mol. The minimum Gasteiger partial charge on any atom is -0.459 e. The Kier molecular flexibility index (Phi) is 4.55. The van der Waals surface area contributed by atoms with Gasteiger partial charge in [-0.05, 0) is 25.8 Å². The first kappa shape index (κ1) is 12.0. The highest BCUT2D eigenvalue weighted by Gasteiger charge is 2.25. The van der Waals surface area contributed by atoms with Crippen LogP contribution in [0.5, 0.6) is 0 Å². The molecule has 1 aliphatic heterocycles. The van der Waals surface area contributed by atoms with Crippen molar-refractivity contribution in [3.8, 4) is 0 Å². The van der Waals surface area contributed by atoms with Crippen LogP contribution in [0.2, 0.25) is 0 Å². The molecule has 2 unspecified atom stereocenters. The van der Waals surface area contributed by atoms with Gasteiger partial charge in [0.15, 0.2) is 0 Å². The van der Waals surface area contributed by atoms with Crippen molar-refractivity contribution in [3.63, 3.8) is 0 Å². The Morgan fingerprint density at radius 3 is 2.87 bits per heavy atom. The van der Waals surface area contributed by atoms with Gasteiger partial charge in [-0.1, -0.05) is 6.92 Å². The molecule has 2 N–H and O–H groups in total. The van der Waals surface area contributed by atoms with Crippen LogP contribution in [0.25, 0.3) is 0 Å². The highest BCUT2D eigenvalue weighted by molar-refractivity contribution is 6.32. The van der Waals surface area contributed by atoms with Gasteiger partial charge < -0.3 is 15.4 Å². The minimum atomic E-state index is -0.796. The SMILES string of the molecule is CCOC(=O)C(=O)NC1CNCCC1C. The summed E-state index contributed by atoms with van der Waals surface area (Å²) in [4.78, 5) is 22.4. The van der Waals surface area contributed by atoms with Crippen LogP contribution >= 0.6 is 0 Å². The van der Waals surface area contributed by atoms with Gasteiger partial charge >= 0.3 is 11.9 Å². The summed E-state index contributed by atoms with van der Waals surface area (Å²) in [6.45, 7) is 5.65. The van der Waals surface area contributed by atoms with Gasteiger partial charge in [0.05, 0.1) is 6.61 Å². The molecule has 0 radical (unpaired) electrons. The Balaban J connectivity index is 2.39. The minimum absolute atomic E-state index is 0.0238. The van der Waals surface area contributed by atoms with E-state index in [0.717, 1.165) is 13.0 Å². The first-order valence-corrected chi connectivity index (χ1v) is 5.33. The molecule has 1 rings (SSSR count). The maximum Gasteiger partial charge on any atom is 0.396 e. The lowest BCUT2D eigenvalue weighted by molar-refractivity contribution is -0.155. The number of rotatable bonds is 2. The molecular weight excluding hydrogens is 196 g/mol. The lowest BCUT2D eigenvalue weighted by atomic mass is 9.95. The van der Waals surface area contributed by atoms with E-state index in [-0.39, 0.29) is 12.6 Å². The first-order valence-electron chi connectivity index (χ1n) is 5.33. The summed E-state index contributed by atoms with van der Waals surface area (Å²) >= 11 is 0. The van der Waals surface area contributed by atoms with Crippen LogP contribution in [-0.4, -0.2) is 37.6 Å². The number of nitrogens with one attached hydrogen (secondary N) is 2. The summed E-state index contributed by atoms with van der Waals surface area (Å²) in [5, 5.41) is 5.85. The van der Waals surface area contributed by atoms with Crippen molar-refractivity contribution in [1.29, 1.82) is 0 Å². The van der Waals surface area contributed by atoms with E-state index in [0.29, 0.717) is 12.5 Å². The van der Waals surface area contributed by atoms with E-state index in [2.05, 4.69) is 22.3 Å². The molecule has 5 heteroatoms. The van der Waals surface area contributed by atoms with Crippen LogP contribution in [0.1, 0.15) is 20.3 Å². The number of esters is 1. The Bertz CT molecular complexity index is 243. The van der Waals surface area contributed by atoms with Gasteiger partial charge in [0.2, 0.25) is 0 Å². The third-order valence-electron chi connectivity index (χ3n) is 2.60. The van der Waals surface area contributed by atoms with Crippen molar-refractivity contribution in [2.45, 2.75) is 26.3 Å². The zero-order valence-electron chi connectivity index (χ0n) is 9.21. The standard InChI is InChI=1S/C10H18N2O3/c1-3-15-10(14)9(13)12-8-6-11-5-4-7(8)2/h7-8,11H,3-6H2,1-2H3,(H,12,13). The van der Waals surface area contributed by atoms with Crippen molar-refractivity contribution in [1.82, 2.24) is 10.6 Å². The van der Waals surface area contributed by atoms with E-state index in [9.17, 15) is 9.59 Å². The molecule has 2 atom stereocenters. The van der Waals surface area contributed by atoms with Crippen molar-refractivity contribution in [2.24, 2.45) is 5.92 Å². The average molecular weight is 214 g/mol. The van der Waals surface area contributed by atoms with Crippen molar-refractivity contribution in [2.75, 3.05) is 19.7 Å². The Labute approximate surface area is 89.6 Å². The van der Waals surface area contributed by atoms with Crippen LogP contribution in [0.4, 0.5) is 0 Å². The topological polar surface area (TPSA) is 67.4 Å². The fraction of sp³-hybridized carbons (Fsp3) is 0.800. The number of carbonyl (C=O) groups excluding carboxylic acids is 2. The first-order chi connectivity index (χ1) is 7.15. The Hall–Kier alpha value is -1.10. The van der Waals surface area contributed by atoms with Gasteiger partial charge in [-0.25, -0.2) is 4.79 Å². The summed E-state index contributed by atoms with van der Waals surface area (Å²) < 4.78 is 4.61. The largest absolute Gasteiger partial charge is 0.459 e. The number of hydrogen-bond acceptors (Lipinski definition) is 4. The summed E-state index contributed by atoms with van der Waals surface area (Å²) in [7, 11) is 0. The number of amides is 1. The third kappa shape index (κ3) is 3.51. The van der Waals surface area contributed by atoms with E-state index in [4.69, 9.17) is 0 Å². The predicted octanol–water partition coefficient (Wildman–Crippen LogP) is -0.336. The number of ether oxygens (including phenoxy) is 1. The van der Waals surface area contributed by atoms with Gasteiger partial charge in [-0.15, -0.1) is 0 Å². The molecule has 86 valence electrons. The molecule has 1 fully saturated rings. The maximum absolute atomic E-state index is 11.3. The van der Waals surface area contributed by atoms with Gasteiger partial charge in [-0.2, -0.15) is 0 Å². The Morgan fingerprint density at radius 2 is 2.27 bits per heavy atom. The van der Waals surface area contributed by atoms with Crippen molar-refractivity contribution < 1.29 is 14.3 Å². The Morgan fingerprint density at radius 1 is 1.53 bits per heavy atom. The molecule has 0 spiro atoms. The molecule has 1 saturated heterocycles. The van der Waals surface area contributed by atoms with Crippen LogP contribution in [-0.2, 0) is 14.3 Å². The molecule has 5 nitrogen and oxygen atoms in total. The van der Waals surface area contributed by atoms with Crippen molar-refractivity contribution >= 4 is 11.9 Å². The zero-order chi connectivity index (χ0) is 11.3. The third-order valence-corrected chi connectivity index (χ3v) is 2.60. The fourth-order valence-corrected chi connectivity index (χ4v) is 1.61. The number of piperidine rings is 1. The second-order valence-electron chi connectivity index (χ2n) is 3.77. The van der Waals surface area contributed by atoms with Gasteiger partial charge in [-0.3, -0.25) is 4.79 Å². The van der Waals surface area contributed by atoms with E-state index < -0.39 is 11.9 Å². The molecule has 0 saturated carbocycles. The zero-order valence-corrected chi connectivity index (χ0v) is 9.21. The van der Waals surface area contributed by atoms with E-state index in [1.54, 1.807) is 6.92 Å². The quantitative estimate of drug-likeness (QED) is 0.487. The number of carbonyl (C=O) groups is 2. The summed E-state index contributed by atoms with van der Waals surface area (Å²) in [5.41, 5.74) is 0. The van der Waals surface area contributed by atoms with E-state index in [1.165, 1.54) is 0 Å². The molecule has 0 aliphatic carbocycles. The van der Waals surface area contributed by atoms with E-state index >= 15 is 0 Å². The predicted molar refractivity (Wildman–Crippen MR) is 55.2 cm³/mol. The van der Waals surface area contributed by atoms with Gasteiger partial charge in [0.25, 0.3) is 0 Å². The molecule has 0 aromatic carbocycles. The van der Waals surface area contributed by atoms with Gasteiger partial charge in [0, 0.05) is 12.6 Å².